The molecule has 10 nitrogen and oxygen atoms in total. The van der Waals surface area contributed by atoms with Gasteiger partial charge in [0.15, 0.2) is 6.10 Å². The maximum absolute atomic E-state index is 13.8. The van der Waals surface area contributed by atoms with Crippen molar-refractivity contribution in [3.8, 4) is 22.9 Å². The zero-order valence-corrected chi connectivity index (χ0v) is 29.4. The third-order valence-corrected chi connectivity index (χ3v) is 8.97. The second-order valence-corrected chi connectivity index (χ2v) is 14.7. The molecule has 1 heterocycles. The molecule has 11 heteroatoms. The molecule has 0 aliphatic carbocycles. The van der Waals surface area contributed by atoms with Crippen molar-refractivity contribution in [2.45, 2.75) is 75.2 Å². The maximum atomic E-state index is 13.8. The number of carbonyl (C=O) groups is 1. The Kier molecular flexibility index (Phi) is 10.0. The maximum Gasteiger partial charge on any atom is 0.287 e. The summed E-state index contributed by atoms with van der Waals surface area (Å²) in [6.07, 6.45) is -0.926. The van der Waals surface area contributed by atoms with E-state index >= 15 is 0 Å². The molecule has 0 fully saturated rings. The van der Waals surface area contributed by atoms with Crippen molar-refractivity contribution in [2.75, 3.05) is 5.32 Å². The topological polar surface area (TPSA) is 128 Å². The minimum atomic E-state index is -0.926. The number of nitrogens with zero attached hydrogens (tertiary/aromatic N) is 2. The van der Waals surface area contributed by atoms with E-state index in [1.807, 2.05) is 48.5 Å². The Balaban J connectivity index is 1.41. The number of anilines is 1. The normalized spacial score (nSPS) is 12.3. The van der Waals surface area contributed by atoms with Crippen LogP contribution < -0.4 is 20.3 Å². The van der Waals surface area contributed by atoms with E-state index in [4.69, 9.17) is 9.47 Å². The first-order valence-electron chi connectivity index (χ1n) is 15.8. The zero-order chi connectivity index (χ0) is 35.5. The highest BCUT2D eigenvalue weighted by atomic mass is 32.2. The van der Waals surface area contributed by atoms with Gasteiger partial charge in [-0.2, -0.15) is 0 Å². The molecule has 0 saturated heterocycles. The van der Waals surface area contributed by atoms with E-state index in [0.29, 0.717) is 22.9 Å². The fraction of sp³-hybridized carbons (Fsp3) is 0.263. The fourth-order valence-corrected chi connectivity index (χ4v) is 5.92. The average molecular weight is 681 g/mol. The number of para-hydroxylation sites is 1. The number of amides is 1. The summed E-state index contributed by atoms with van der Waals surface area (Å²) >= 11 is 0.894. The van der Waals surface area contributed by atoms with E-state index in [9.17, 15) is 19.7 Å². The fourth-order valence-electron chi connectivity index (χ4n) is 4.93. The van der Waals surface area contributed by atoms with Crippen molar-refractivity contribution < 1.29 is 19.2 Å². The van der Waals surface area contributed by atoms with Gasteiger partial charge in [0.05, 0.1) is 15.5 Å². The van der Waals surface area contributed by atoms with Gasteiger partial charge in [-0.25, -0.2) is 4.68 Å². The minimum absolute atomic E-state index is 0.0216. The molecule has 0 aliphatic heterocycles. The first kappa shape index (κ1) is 35.0. The number of H-pyrrole nitrogens is 1. The van der Waals surface area contributed by atoms with Crippen LogP contribution in [0.3, 0.4) is 0 Å². The summed E-state index contributed by atoms with van der Waals surface area (Å²) in [6, 6.07) is 28.4. The molecular formula is C38H40N4O6S. The molecular weight excluding hydrogens is 641 g/mol. The first-order chi connectivity index (χ1) is 23.1. The summed E-state index contributed by atoms with van der Waals surface area (Å²) in [6.45, 7) is 14.4. The van der Waals surface area contributed by atoms with E-state index in [1.165, 1.54) is 16.3 Å². The Labute approximate surface area is 289 Å². The highest BCUT2D eigenvalue weighted by Gasteiger charge is 2.25. The van der Waals surface area contributed by atoms with Crippen molar-refractivity contribution in [3.05, 3.63) is 129 Å². The Bertz CT molecular complexity index is 2000. The van der Waals surface area contributed by atoms with E-state index in [1.54, 1.807) is 49.4 Å². The molecule has 0 radical (unpaired) electrons. The number of nitro benzene ring substituents is 1. The number of nitrogens with one attached hydrogen (secondary N) is 2. The SMILES string of the molecule is CC(Oc1ccc(C(C)(C)C)cc1)C(=O)Nc1[nH]n(-c2ccc(Oc3ccc(C(C)(C)C)cc3)cc2)c(=O)c1Sc1ccccc1[N+](=O)[O-]. The predicted molar refractivity (Wildman–Crippen MR) is 193 cm³/mol. The Morgan fingerprint density at radius 1 is 0.816 bits per heavy atom. The average Bonchev–Trinajstić information content (AvgIpc) is 3.35. The third kappa shape index (κ3) is 8.42. The summed E-state index contributed by atoms with van der Waals surface area (Å²) < 4.78 is 13.2. The van der Waals surface area contributed by atoms with Gasteiger partial charge in [-0.15, -0.1) is 0 Å². The van der Waals surface area contributed by atoms with Gasteiger partial charge in [-0.05, 0) is 83.5 Å². The summed E-state index contributed by atoms with van der Waals surface area (Å²) in [5.74, 6) is 1.32. The molecule has 5 aromatic rings. The highest BCUT2D eigenvalue weighted by molar-refractivity contribution is 7.99. The van der Waals surface area contributed by atoms with Crippen LogP contribution in [0, 0.1) is 10.1 Å². The molecule has 0 saturated carbocycles. The first-order valence-corrected chi connectivity index (χ1v) is 16.6. The van der Waals surface area contributed by atoms with Crippen LogP contribution in [0.5, 0.6) is 17.2 Å². The van der Waals surface area contributed by atoms with Crippen molar-refractivity contribution in [1.29, 1.82) is 0 Å². The largest absolute Gasteiger partial charge is 0.481 e. The molecule has 0 aliphatic rings. The van der Waals surface area contributed by atoms with Crippen LogP contribution in [0.4, 0.5) is 11.5 Å². The number of aromatic amines is 1. The predicted octanol–water partition coefficient (Wildman–Crippen LogP) is 9.02. The van der Waals surface area contributed by atoms with E-state index in [0.717, 1.165) is 17.3 Å². The van der Waals surface area contributed by atoms with Crippen LogP contribution in [-0.4, -0.2) is 26.7 Å². The summed E-state index contributed by atoms with van der Waals surface area (Å²) in [5.41, 5.74) is 2.10. The van der Waals surface area contributed by atoms with Crippen LogP contribution in [0.25, 0.3) is 5.69 Å². The lowest BCUT2D eigenvalue weighted by atomic mass is 9.87. The van der Waals surface area contributed by atoms with E-state index in [2.05, 4.69) is 52.0 Å². The van der Waals surface area contributed by atoms with Gasteiger partial charge in [0, 0.05) is 6.07 Å². The van der Waals surface area contributed by atoms with Gasteiger partial charge in [-0.1, -0.05) is 89.7 Å². The molecule has 1 amide bonds. The van der Waals surface area contributed by atoms with E-state index in [-0.39, 0.29) is 32.1 Å². The van der Waals surface area contributed by atoms with Crippen LogP contribution in [0.15, 0.2) is 112 Å². The lowest BCUT2D eigenvalue weighted by Gasteiger charge is -2.20. The standard InChI is InChI=1S/C38H40N4O6S/c1-24(47-28-18-12-25(13-19-28)37(2,3)4)35(43)39-34-33(49-32-11-9-8-10-31(32)42(45)46)36(44)41(40-34)27-16-22-30(23-17-27)48-29-20-14-26(15-21-29)38(5,6)7/h8-24,40H,1-7H3,(H,39,43). The van der Waals surface area contributed by atoms with Gasteiger partial charge in [0.25, 0.3) is 17.2 Å². The summed E-state index contributed by atoms with van der Waals surface area (Å²) in [7, 11) is 0. The molecule has 4 aromatic carbocycles. The van der Waals surface area contributed by atoms with Gasteiger partial charge in [0.2, 0.25) is 0 Å². The van der Waals surface area contributed by atoms with Crippen LogP contribution in [0.1, 0.15) is 59.6 Å². The number of rotatable bonds is 10. The van der Waals surface area contributed by atoms with Crippen LogP contribution >= 0.6 is 11.8 Å². The number of benzene rings is 4. The zero-order valence-electron chi connectivity index (χ0n) is 28.6. The van der Waals surface area contributed by atoms with Crippen molar-refractivity contribution in [2.24, 2.45) is 0 Å². The number of hydrogen-bond donors (Lipinski definition) is 2. The number of carbonyl (C=O) groups excluding carboxylic acids is 1. The lowest BCUT2D eigenvalue weighted by molar-refractivity contribution is -0.387. The van der Waals surface area contributed by atoms with Crippen molar-refractivity contribution in [3.63, 3.8) is 0 Å². The van der Waals surface area contributed by atoms with Crippen molar-refractivity contribution >= 4 is 29.2 Å². The van der Waals surface area contributed by atoms with Gasteiger partial charge >= 0.3 is 0 Å². The van der Waals surface area contributed by atoms with E-state index < -0.39 is 22.5 Å². The van der Waals surface area contributed by atoms with Crippen LogP contribution in [0.2, 0.25) is 0 Å². The quantitative estimate of drug-likeness (QED) is 0.111. The molecule has 1 unspecified atom stereocenters. The molecule has 1 atom stereocenters. The Morgan fingerprint density at radius 2 is 1.33 bits per heavy atom. The molecule has 254 valence electrons. The molecule has 0 spiro atoms. The molecule has 1 aromatic heterocycles. The molecule has 49 heavy (non-hydrogen) atoms. The van der Waals surface area contributed by atoms with Gasteiger partial charge < -0.3 is 14.8 Å². The van der Waals surface area contributed by atoms with Gasteiger partial charge in [-0.3, -0.25) is 24.8 Å². The number of ether oxygens (including phenoxy) is 2. The van der Waals surface area contributed by atoms with Crippen LogP contribution in [-0.2, 0) is 15.6 Å². The number of nitro groups is 1. The Morgan fingerprint density at radius 3 is 1.86 bits per heavy atom. The second-order valence-electron chi connectivity index (χ2n) is 13.7. The number of hydrogen-bond acceptors (Lipinski definition) is 7. The monoisotopic (exact) mass is 680 g/mol. The highest BCUT2D eigenvalue weighted by Crippen LogP contribution is 2.37. The third-order valence-electron chi connectivity index (χ3n) is 7.82. The minimum Gasteiger partial charge on any atom is -0.481 e. The number of aromatic nitrogens is 2. The summed E-state index contributed by atoms with van der Waals surface area (Å²) in [4.78, 5) is 38.8. The lowest BCUT2D eigenvalue weighted by Crippen LogP contribution is -2.30. The molecule has 5 rings (SSSR count). The van der Waals surface area contributed by atoms with Gasteiger partial charge in [0.1, 0.15) is 28.0 Å². The van der Waals surface area contributed by atoms with Crippen molar-refractivity contribution in [1.82, 2.24) is 9.78 Å². The smallest absolute Gasteiger partial charge is 0.287 e. The molecule has 2 N–H and O–H groups in total. The summed E-state index contributed by atoms with van der Waals surface area (Å²) in [5, 5.41) is 17.5. The molecule has 0 bridgehead atoms. The Hall–Kier alpha value is -5.29. The second kappa shape index (κ2) is 14.1.